The lowest BCUT2D eigenvalue weighted by Crippen LogP contribution is -1.99. The van der Waals surface area contributed by atoms with E-state index in [4.69, 9.17) is 4.74 Å². The summed E-state index contributed by atoms with van der Waals surface area (Å²) in [5, 5.41) is 14.4. The van der Waals surface area contributed by atoms with Crippen LogP contribution in [0.1, 0.15) is 0 Å². The van der Waals surface area contributed by atoms with Crippen LogP contribution in [0.2, 0.25) is 0 Å². The zero-order valence-electron chi connectivity index (χ0n) is 19.1. The fraction of sp³-hybridized carbons (Fsp3) is 0. The van der Waals surface area contributed by atoms with Gasteiger partial charge in [0.2, 0.25) is 0 Å². The van der Waals surface area contributed by atoms with Gasteiger partial charge >= 0.3 is 6.01 Å². The van der Waals surface area contributed by atoms with Gasteiger partial charge in [0.25, 0.3) is 0 Å². The van der Waals surface area contributed by atoms with E-state index in [1.54, 1.807) is 24.8 Å². The summed E-state index contributed by atoms with van der Waals surface area (Å²) >= 11 is 0. The van der Waals surface area contributed by atoms with Crippen molar-refractivity contribution in [2.45, 2.75) is 0 Å². The molecule has 0 fully saturated rings. The number of nitrogens with one attached hydrogen (secondary N) is 1. The van der Waals surface area contributed by atoms with Crippen LogP contribution in [-0.2, 0) is 0 Å². The lowest BCUT2D eigenvalue weighted by Gasteiger charge is -2.12. The molecule has 3 aromatic carbocycles. The van der Waals surface area contributed by atoms with Gasteiger partial charge in [0, 0.05) is 52.4 Å². The molecule has 0 bridgehead atoms. The number of hydrogen-bond donors (Lipinski definition) is 1. The third-order valence-electron chi connectivity index (χ3n) is 5.70. The van der Waals surface area contributed by atoms with E-state index in [1.807, 2.05) is 84.9 Å². The lowest BCUT2D eigenvalue weighted by molar-refractivity contribution is 0.442. The number of pyridine rings is 1. The molecule has 1 N–H and O–H groups in total. The maximum atomic E-state index is 5.82. The van der Waals surface area contributed by atoms with Crippen LogP contribution in [0.4, 0.5) is 11.5 Å². The van der Waals surface area contributed by atoms with Crippen molar-refractivity contribution in [3.63, 3.8) is 0 Å². The Bertz CT molecular complexity index is 1610. The molecule has 36 heavy (non-hydrogen) atoms. The molecule has 0 aliphatic heterocycles. The largest absolute Gasteiger partial charge is 0.424 e. The minimum absolute atomic E-state index is 0.280. The Labute approximate surface area is 207 Å². The Hall–Kier alpha value is -5.17. The van der Waals surface area contributed by atoms with Crippen LogP contribution in [0.5, 0.6) is 11.8 Å². The highest BCUT2D eigenvalue weighted by Gasteiger charge is 2.11. The van der Waals surface area contributed by atoms with Crippen molar-refractivity contribution in [3.8, 4) is 34.1 Å². The van der Waals surface area contributed by atoms with E-state index in [2.05, 4.69) is 36.5 Å². The molecular weight excluding hydrogens is 448 g/mol. The van der Waals surface area contributed by atoms with E-state index in [1.165, 1.54) is 0 Å². The third kappa shape index (κ3) is 4.45. The fourth-order valence-corrected chi connectivity index (χ4v) is 3.92. The standard InChI is InChI=1S/C29H20N6O/c1-2-6-21(7-3-1)27-25-8-4-5-9-26(25)28(35-34-27)33-23-10-12-24(13-11-23)36-29-31-18-22(19-32-29)20-14-16-30-17-15-20/h1-19H,(H,33,35). The quantitative estimate of drug-likeness (QED) is 0.292. The zero-order valence-corrected chi connectivity index (χ0v) is 19.1. The molecular formula is C29H20N6O. The summed E-state index contributed by atoms with van der Waals surface area (Å²) in [6.45, 7) is 0. The van der Waals surface area contributed by atoms with Crippen molar-refractivity contribution < 1.29 is 4.74 Å². The maximum Gasteiger partial charge on any atom is 0.321 e. The highest BCUT2D eigenvalue weighted by atomic mass is 16.5. The van der Waals surface area contributed by atoms with Gasteiger partial charge in [-0.2, -0.15) is 0 Å². The average molecular weight is 469 g/mol. The second kappa shape index (κ2) is 9.60. The smallest absolute Gasteiger partial charge is 0.321 e. The minimum Gasteiger partial charge on any atom is -0.424 e. The predicted octanol–water partition coefficient (Wildman–Crippen LogP) is 6.68. The molecule has 0 aliphatic rings. The van der Waals surface area contributed by atoms with E-state index in [-0.39, 0.29) is 6.01 Å². The highest BCUT2D eigenvalue weighted by molar-refractivity contribution is 6.00. The highest BCUT2D eigenvalue weighted by Crippen LogP contribution is 2.31. The molecule has 3 aromatic heterocycles. The Morgan fingerprint density at radius 2 is 1.28 bits per heavy atom. The van der Waals surface area contributed by atoms with Crippen LogP contribution < -0.4 is 10.1 Å². The van der Waals surface area contributed by atoms with Gasteiger partial charge in [-0.3, -0.25) is 4.98 Å². The first kappa shape index (κ1) is 21.4. The van der Waals surface area contributed by atoms with Crippen LogP contribution >= 0.6 is 0 Å². The molecule has 0 spiro atoms. The van der Waals surface area contributed by atoms with Gasteiger partial charge in [-0.15, -0.1) is 10.2 Å². The van der Waals surface area contributed by atoms with Crippen molar-refractivity contribution in [1.82, 2.24) is 25.1 Å². The number of anilines is 2. The van der Waals surface area contributed by atoms with Crippen molar-refractivity contribution in [2.75, 3.05) is 5.32 Å². The van der Waals surface area contributed by atoms with Crippen LogP contribution in [0.15, 0.2) is 116 Å². The number of aromatic nitrogens is 5. The summed E-state index contributed by atoms with van der Waals surface area (Å²) in [6, 6.07) is 29.9. The van der Waals surface area contributed by atoms with Crippen molar-refractivity contribution >= 4 is 22.3 Å². The van der Waals surface area contributed by atoms with E-state index in [9.17, 15) is 0 Å². The molecule has 7 nitrogen and oxygen atoms in total. The van der Waals surface area contributed by atoms with Gasteiger partial charge in [-0.25, -0.2) is 9.97 Å². The number of rotatable bonds is 6. The van der Waals surface area contributed by atoms with E-state index in [0.717, 1.165) is 38.8 Å². The molecule has 0 atom stereocenters. The number of fused-ring (bicyclic) bond motifs is 1. The molecule has 0 saturated carbocycles. The summed E-state index contributed by atoms with van der Waals surface area (Å²) < 4.78 is 5.82. The Kier molecular flexibility index (Phi) is 5.70. The summed E-state index contributed by atoms with van der Waals surface area (Å²) in [4.78, 5) is 12.7. The van der Waals surface area contributed by atoms with Crippen molar-refractivity contribution in [2.24, 2.45) is 0 Å². The van der Waals surface area contributed by atoms with Gasteiger partial charge in [0.15, 0.2) is 5.82 Å². The minimum atomic E-state index is 0.280. The first-order valence-corrected chi connectivity index (χ1v) is 11.4. The summed E-state index contributed by atoms with van der Waals surface area (Å²) in [7, 11) is 0. The van der Waals surface area contributed by atoms with Gasteiger partial charge in [-0.1, -0.05) is 54.6 Å². The first-order valence-electron chi connectivity index (χ1n) is 11.4. The predicted molar refractivity (Wildman–Crippen MR) is 140 cm³/mol. The molecule has 6 aromatic rings. The first-order chi connectivity index (χ1) is 17.8. The Morgan fingerprint density at radius 3 is 2.03 bits per heavy atom. The van der Waals surface area contributed by atoms with Crippen molar-refractivity contribution in [3.05, 3.63) is 116 Å². The number of hydrogen-bond acceptors (Lipinski definition) is 7. The van der Waals surface area contributed by atoms with Crippen LogP contribution in [0.25, 0.3) is 33.2 Å². The molecule has 3 heterocycles. The van der Waals surface area contributed by atoms with Crippen LogP contribution in [0.3, 0.4) is 0 Å². The van der Waals surface area contributed by atoms with Gasteiger partial charge in [0.05, 0.1) is 0 Å². The topological polar surface area (TPSA) is 85.7 Å². The molecule has 7 heteroatoms. The lowest BCUT2D eigenvalue weighted by atomic mass is 10.0. The zero-order chi connectivity index (χ0) is 24.2. The van der Waals surface area contributed by atoms with Crippen molar-refractivity contribution in [1.29, 1.82) is 0 Å². The molecule has 0 aliphatic carbocycles. The average Bonchev–Trinajstić information content (AvgIpc) is 2.96. The van der Waals surface area contributed by atoms with E-state index < -0.39 is 0 Å². The van der Waals surface area contributed by atoms with E-state index >= 15 is 0 Å². The van der Waals surface area contributed by atoms with E-state index in [0.29, 0.717) is 11.6 Å². The molecule has 6 rings (SSSR count). The summed E-state index contributed by atoms with van der Waals surface area (Å²) in [5.41, 5.74) is 4.65. The summed E-state index contributed by atoms with van der Waals surface area (Å²) in [6.07, 6.45) is 6.94. The van der Waals surface area contributed by atoms with Gasteiger partial charge in [0.1, 0.15) is 11.4 Å². The third-order valence-corrected chi connectivity index (χ3v) is 5.70. The molecule has 0 unspecified atom stereocenters. The molecule has 172 valence electrons. The molecule has 0 radical (unpaired) electrons. The fourth-order valence-electron chi connectivity index (χ4n) is 3.92. The number of benzene rings is 3. The maximum absolute atomic E-state index is 5.82. The monoisotopic (exact) mass is 468 g/mol. The van der Waals surface area contributed by atoms with Gasteiger partial charge < -0.3 is 10.1 Å². The van der Waals surface area contributed by atoms with Gasteiger partial charge in [-0.05, 0) is 42.0 Å². The van der Waals surface area contributed by atoms with Crippen LogP contribution in [-0.4, -0.2) is 25.1 Å². The number of nitrogens with zero attached hydrogens (tertiary/aromatic N) is 5. The van der Waals surface area contributed by atoms with Crippen LogP contribution in [0, 0.1) is 0 Å². The summed E-state index contributed by atoms with van der Waals surface area (Å²) in [5.74, 6) is 1.32. The SMILES string of the molecule is c1ccc(-c2nnc(Nc3ccc(Oc4ncc(-c5ccncc5)cn4)cc3)c3ccccc23)cc1. The molecule has 0 amide bonds. The second-order valence-corrected chi connectivity index (χ2v) is 8.05. The molecule has 0 saturated heterocycles. The number of ether oxygens (including phenoxy) is 1. The Balaban J connectivity index is 1.20. The normalized spacial score (nSPS) is 10.8. The second-order valence-electron chi connectivity index (χ2n) is 8.05. The Morgan fingerprint density at radius 1 is 0.583 bits per heavy atom.